The summed E-state index contributed by atoms with van der Waals surface area (Å²) in [4.78, 5) is 22.7. The molecule has 1 aliphatic heterocycles. The number of methoxy groups -OCH3 is 3. The molecule has 1 amide bonds. The van der Waals surface area contributed by atoms with Crippen molar-refractivity contribution in [3.63, 3.8) is 0 Å². The van der Waals surface area contributed by atoms with Gasteiger partial charge >= 0.3 is 0 Å². The van der Waals surface area contributed by atoms with Crippen LogP contribution in [0.25, 0.3) is 0 Å². The second-order valence-electron chi connectivity index (χ2n) is 7.34. The predicted octanol–water partition coefficient (Wildman–Crippen LogP) is 3.98. The normalized spacial score (nSPS) is 17.1. The number of aromatic nitrogens is 3. The van der Waals surface area contributed by atoms with Crippen molar-refractivity contribution in [2.24, 2.45) is 10.9 Å². The lowest BCUT2D eigenvalue weighted by molar-refractivity contribution is -0.118. The van der Waals surface area contributed by atoms with Crippen LogP contribution in [0.4, 0.5) is 11.6 Å². The number of hydrogen-bond donors (Lipinski definition) is 1. The number of amides is 1. The second-order valence-corrected chi connectivity index (χ2v) is 8.12. The van der Waals surface area contributed by atoms with E-state index in [4.69, 9.17) is 14.2 Å². The molecule has 172 valence electrons. The first kappa shape index (κ1) is 22.7. The molecular weight excluding hydrogens is 442 g/mol. The second kappa shape index (κ2) is 9.53. The van der Waals surface area contributed by atoms with E-state index in [0.717, 1.165) is 5.56 Å². The van der Waals surface area contributed by atoms with Crippen molar-refractivity contribution in [2.45, 2.75) is 18.1 Å². The predicted molar refractivity (Wildman–Crippen MR) is 127 cm³/mol. The monoisotopic (exact) mass is 467 g/mol. The van der Waals surface area contributed by atoms with E-state index in [9.17, 15) is 4.79 Å². The van der Waals surface area contributed by atoms with Gasteiger partial charge < -0.3 is 19.5 Å². The summed E-state index contributed by atoms with van der Waals surface area (Å²) in [7, 11) is 4.79. The van der Waals surface area contributed by atoms with Crippen LogP contribution in [0, 0.1) is 5.92 Å². The molecule has 33 heavy (non-hydrogen) atoms. The van der Waals surface area contributed by atoms with Crippen LogP contribution in [-0.2, 0) is 4.79 Å². The molecule has 2 unspecified atom stereocenters. The minimum atomic E-state index is -0.656. The lowest BCUT2D eigenvalue weighted by Gasteiger charge is -2.31. The quantitative estimate of drug-likeness (QED) is 0.525. The van der Waals surface area contributed by atoms with Gasteiger partial charge in [-0.2, -0.15) is 4.98 Å². The number of nitrogens with one attached hydrogen (secondary N) is 1. The smallest absolute Gasteiger partial charge is 0.249 e. The van der Waals surface area contributed by atoms with Gasteiger partial charge in [-0.3, -0.25) is 4.79 Å². The van der Waals surface area contributed by atoms with E-state index in [1.54, 1.807) is 50.3 Å². The molecule has 9 nitrogen and oxygen atoms in total. The third-order valence-corrected chi connectivity index (χ3v) is 6.02. The molecule has 1 aliphatic rings. The fourth-order valence-corrected chi connectivity index (χ4v) is 4.19. The van der Waals surface area contributed by atoms with E-state index in [2.05, 4.69) is 20.4 Å². The van der Waals surface area contributed by atoms with Crippen LogP contribution < -0.4 is 19.5 Å². The maximum atomic E-state index is 13.6. The zero-order valence-electron chi connectivity index (χ0n) is 19.0. The van der Waals surface area contributed by atoms with Gasteiger partial charge in [0.2, 0.25) is 17.0 Å². The summed E-state index contributed by atoms with van der Waals surface area (Å²) in [5.41, 5.74) is 2.03. The standard InChI is InChI=1S/C23H25N5O4S/c1-13-19(21(29)25-14-6-8-15(30-2)9-7-14)20(28-22(24-13)26-23(27-28)33-5)17-12-16(31-3)10-11-18(17)32-4/h6-12,19-20H,1-5H3,(H,25,29). The van der Waals surface area contributed by atoms with Gasteiger partial charge in [-0.15, -0.1) is 5.10 Å². The minimum Gasteiger partial charge on any atom is -0.497 e. The van der Waals surface area contributed by atoms with Gasteiger partial charge in [-0.1, -0.05) is 11.8 Å². The molecule has 2 atom stereocenters. The highest BCUT2D eigenvalue weighted by Gasteiger charge is 2.41. The molecule has 0 aliphatic carbocycles. The van der Waals surface area contributed by atoms with Gasteiger partial charge in [-0.25, -0.2) is 9.67 Å². The Morgan fingerprint density at radius 2 is 1.73 bits per heavy atom. The molecule has 1 N–H and O–H groups in total. The molecule has 0 bridgehead atoms. The third kappa shape index (κ3) is 4.38. The van der Waals surface area contributed by atoms with E-state index in [0.29, 0.717) is 39.8 Å². The molecule has 2 heterocycles. The number of nitrogens with zero attached hydrogens (tertiary/aromatic N) is 4. The Labute approximate surface area is 196 Å². The van der Waals surface area contributed by atoms with Crippen molar-refractivity contribution < 1.29 is 19.0 Å². The summed E-state index contributed by atoms with van der Waals surface area (Å²) < 4.78 is 18.0. The molecule has 4 rings (SSSR count). The lowest BCUT2D eigenvalue weighted by Crippen LogP contribution is -2.39. The molecule has 10 heteroatoms. The molecule has 3 aromatic rings. The van der Waals surface area contributed by atoms with Gasteiger partial charge in [0.25, 0.3) is 0 Å². The molecule has 0 saturated heterocycles. The number of ether oxygens (including phenoxy) is 3. The molecule has 2 aromatic carbocycles. The number of benzene rings is 2. The summed E-state index contributed by atoms with van der Waals surface area (Å²) >= 11 is 1.41. The number of thioether (sulfide) groups is 1. The summed E-state index contributed by atoms with van der Waals surface area (Å²) in [5.74, 6) is 1.54. The van der Waals surface area contributed by atoms with Crippen LogP contribution in [0.1, 0.15) is 18.5 Å². The number of rotatable bonds is 7. The minimum absolute atomic E-state index is 0.219. The van der Waals surface area contributed by atoms with E-state index in [1.807, 2.05) is 31.4 Å². The first-order chi connectivity index (χ1) is 16.0. The van der Waals surface area contributed by atoms with Crippen LogP contribution in [0.2, 0.25) is 0 Å². The number of fused-ring (bicyclic) bond motifs is 1. The van der Waals surface area contributed by atoms with E-state index in [-0.39, 0.29) is 5.91 Å². The Bertz CT molecular complexity index is 1190. The Morgan fingerprint density at radius 1 is 1.03 bits per heavy atom. The maximum Gasteiger partial charge on any atom is 0.249 e. The van der Waals surface area contributed by atoms with Crippen LogP contribution in [0.3, 0.4) is 0 Å². The van der Waals surface area contributed by atoms with Crippen molar-refractivity contribution in [2.75, 3.05) is 32.9 Å². The number of aliphatic imine (C=N–C) groups is 1. The third-order valence-electron chi connectivity index (χ3n) is 5.48. The molecule has 0 spiro atoms. The van der Waals surface area contributed by atoms with Crippen LogP contribution >= 0.6 is 11.8 Å². The summed E-state index contributed by atoms with van der Waals surface area (Å²) in [6.45, 7) is 1.83. The Kier molecular flexibility index (Phi) is 6.55. The average molecular weight is 468 g/mol. The summed E-state index contributed by atoms with van der Waals surface area (Å²) in [6.07, 6.45) is 1.90. The molecule has 0 radical (unpaired) electrons. The van der Waals surface area contributed by atoms with Crippen LogP contribution in [0.5, 0.6) is 17.2 Å². The fourth-order valence-electron chi connectivity index (χ4n) is 3.85. The molecule has 0 saturated carbocycles. The van der Waals surface area contributed by atoms with Crippen molar-refractivity contribution >= 4 is 35.0 Å². The maximum absolute atomic E-state index is 13.6. The number of carbonyl (C=O) groups excluding carboxylic acids is 1. The van der Waals surface area contributed by atoms with E-state index < -0.39 is 12.0 Å². The lowest BCUT2D eigenvalue weighted by atomic mass is 9.87. The van der Waals surface area contributed by atoms with Crippen LogP contribution in [-0.4, -0.2) is 54.0 Å². The van der Waals surface area contributed by atoms with E-state index >= 15 is 0 Å². The molecule has 0 fully saturated rings. The number of anilines is 1. The van der Waals surface area contributed by atoms with Crippen molar-refractivity contribution in [3.05, 3.63) is 48.0 Å². The summed E-state index contributed by atoms with van der Waals surface area (Å²) in [5, 5.41) is 8.19. The van der Waals surface area contributed by atoms with Gasteiger partial charge in [0, 0.05) is 17.0 Å². The van der Waals surface area contributed by atoms with Crippen molar-refractivity contribution in [1.82, 2.24) is 14.8 Å². The molecular formula is C23H25N5O4S. The fraction of sp³-hybridized carbons (Fsp3) is 0.304. The SMILES string of the molecule is COc1ccc(NC(=O)C2C(C)=Nc3nc(SC)nn3C2c2cc(OC)ccc2OC)cc1. The highest BCUT2D eigenvalue weighted by atomic mass is 32.2. The van der Waals surface area contributed by atoms with Crippen molar-refractivity contribution in [1.29, 1.82) is 0 Å². The van der Waals surface area contributed by atoms with E-state index in [1.165, 1.54) is 11.8 Å². The number of hydrogen-bond acceptors (Lipinski definition) is 8. The van der Waals surface area contributed by atoms with Gasteiger partial charge in [0.1, 0.15) is 29.2 Å². The molecule has 1 aromatic heterocycles. The number of carbonyl (C=O) groups is 1. The highest BCUT2D eigenvalue weighted by molar-refractivity contribution is 7.98. The van der Waals surface area contributed by atoms with Gasteiger partial charge in [-0.05, 0) is 55.6 Å². The Balaban J connectivity index is 1.81. The Hall–Kier alpha value is -3.53. The average Bonchev–Trinajstić information content (AvgIpc) is 3.25. The zero-order chi connectivity index (χ0) is 23.5. The largest absolute Gasteiger partial charge is 0.497 e. The van der Waals surface area contributed by atoms with Crippen LogP contribution in [0.15, 0.2) is 52.6 Å². The summed E-state index contributed by atoms with van der Waals surface area (Å²) in [6, 6.07) is 12.1. The first-order valence-corrected chi connectivity index (χ1v) is 11.4. The van der Waals surface area contributed by atoms with Gasteiger partial charge in [0.05, 0.1) is 21.3 Å². The first-order valence-electron chi connectivity index (χ1n) is 10.2. The van der Waals surface area contributed by atoms with Crippen molar-refractivity contribution in [3.8, 4) is 17.2 Å². The zero-order valence-corrected chi connectivity index (χ0v) is 19.8. The highest BCUT2D eigenvalue weighted by Crippen LogP contribution is 2.41. The Morgan fingerprint density at radius 3 is 2.36 bits per heavy atom. The van der Waals surface area contributed by atoms with Gasteiger partial charge in [0.15, 0.2) is 0 Å². The topological polar surface area (TPSA) is 99.9 Å².